The summed E-state index contributed by atoms with van der Waals surface area (Å²) in [5, 5.41) is 14.6. The van der Waals surface area contributed by atoms with Gasteiger partial charge in [-0.2, -0.15) is 0 Å². The number of rotatable bonds is 5. The molecule has 0 aliphatic carbocycles. The molecule has 3 nitrogen and oxygen atoms in total. The highest BCUT2D eigenvalue weighted by atomic mass is 16.3. The molecule has 0 fully saturated rings. The zero-order chi connectivity index (χ0) is 15.5. The molecule has 2 atom stereocenters. The highest BCUT2D eigenvalue weighted by Gasteiger charge is 2.23. The molecule has 0 aliphatic heterocycles. The lowest BCUT2D eigenvalue weighted by molar-refractivity contribution is 0.132. The van der Waals surface area contributed by atoms with Gasteiger partial charge >= 0.3 is 0 Å². The Morgan fingerprint density at radius 1 is 1.09 bits per heavy atom. The van der Waals surface area contributed by atoms with E-state index in [-0.39, 0.29) is 6.04 Å². The fourth-order valence-electron chi connectivity index (χ4n) is 2.97. The predicted molar refractivity (Wildman–Crippen MR) is 88.8 cm³/mol. The van der Waals surface area contributed by atoms with Gasteiger partial charge in [0, 0.05) is 30.6 Å². The highest BCUT2D eigenvalue weighted by molar-refractivity contribution is 5.84. The van der Waals surface area contributed by atoms with E-state index in [1.165, 1.54) is 0 Å². The second-order valence-corrected chi connectivity index (χ2v) is 5.44. The molecule has 0 saturated carbocycles. The molecule has 1 aromatic heterocycles. The third-order valence-corrected chi connectivity index (χ3v) is 3.98. The Balaban J connectivity index is 2.14. The van der Waals surface area contributed by atoms with Crippen LogP contribution in [0.1, 0.15) is 17.2 Å². The number of nitrogens with one attached hydrogen (secondary N) is 1. The van der Waals surface area contributed by atoms with Crippen molar-refractivity contribution in [3.8, 4) is 0 Å². The molecule has 1 heterocycles. The molecular formula is C19H19N2O. The first kappa shape index (κ1) is 14.8. The highest BCUT2D eigenvalue weighted by Crippen LogP contribution is 2.29. The molecule has 0 spiro atoms. The maximum Gasteiger partial charge on any atom is 0.0912 e. The Morgan fingerprint density at radius 3 is 2.59 bits per heavy atom. The van der Waals surface area contributed by atoms with E-state index in [9.17, 15) is 5.11 Å². The molecule has 0 aliphatic rings. The van der Waals surface area contributed by atoms with Crippen molar-refractivity contribution in [1.29, 1.82) is 0 Å². The van der Waals surface area contributed by atoms with Crippen LogP contribution in [0.3, 0.4) is 0 Å². The van der Waals surface area contributed by atoms with Gasteiger partial charge in [0.15, 0.2) is 0 Å². The first-order chi connectivity index (χ1) is 10.7. The monoisotopic (exact) mass is 291 g/mol. The fraction of sp³-hybridized carbons (Fsp3) is 0.211. The zero-order valence-electron chi connectivity index (χ0n) is 12.5. The summed E-state index contributed by atoms with van der Waals surface area (Å²) in [6.45, 7) is 8.52. The molecule has 2 unspecified atom stereocenters. The fourth-order valence-corrected chi connectivity index (χ4v) is 2.97. The molecule has 3 aromatic rings. The van der Waals surface area contributed by atoms with Gasteiger partial charge in [-0.05, 0) is 30.3 Å². The van der Waals surface area contributed by atoms with Crippen molar-refractivity contribution in [2.24, 2.45) is 0 Å². The van der Waals surface area contributed by atoms with Gasteiger partial charge in [0.2, 0.25) is 0 Å². The second kappa shape index (κ2) is 6.34. The van der Waals surface area contributed by atoms with Gasteiger partial charge in [0.05, 0.1) is 12.1 Å². The number of hydrogen-bond donors (Lipinski definition) is 2. The molecule has 0 saturated heterocycles. The number of aliphatic hydroxyl groups excluding tert-OH is 1. The Morgan fingerprint density at radius 2 is 1.86 bits per heavy atom. The number of likely N-dealkylation sites (N-methyl/N-ethyl adjacent to an activating group) is 1. The van der Waals surface area contributed by atoms with Crippen LogP contribution in [0.25, 0.3) is 10.9 Å². The number of aliphatic hydroxyl groups is 1. The number of hydrogen-bond acceptors (Lipinski definition) is 2. The number of benzene rings is 2. The maximum atomic E-state index is 10.6. The van der Waals surface area contributed by atoms with E-state index < -0.39 is 6.10 Å². The average Bonchev–Trinajstić information content (AvgIpc) is 2.94. The lowest BCUT2D eigenvalue weighted by Gasteiger charge is -2.26. The van der Waals surface area contributed by atoms with E-state index in [1.54, 1.807) is 6.07 Å². The van der Waals surface area contributed by atoms with E-state index in [0.29, 0.717) is 12.1 Å². The van der Waals surface area contributed by atoms with Crippen molar-refractivity contribution in [2.45, 2.75) is 12.1 Å². The van der Waals surface area contributed by atoms with Crippen LogP contribution in [-0.2, 0) is 0 Å². The SMILES string of the molecule is [C]c1cccc2c1ccn2C(c1ccccc1)C(O)CNC. The molecule has 2 aromatic carbocycles. The van der Waals surface area contributed by atoms with Crippen LogP contribution < -0.4 is 5.32 Å². The molecule has 3 heteroatoms. The minimum Gasteiger partial charge on any atom is -0.389 e. The van der Waals surface area contributed by atoms with Crippen LogP contribution in [-0.4, -0.2) is 29.4 Å². The molecule has 0 amide bonds. The Kier molecular flexibility index (Phi) is 4.27. The molecule has 3 radical (unpaired) electrons. The van der Waals surface area contributed by atoms with Crippen LogP contribution in [0.4, 0.5) is 0 Å². The van der Waals surface area contributed by atoms with Gasteiger partial charge in [-0.3, -0.25) is 0 Å². The van der Waals surface area contributed by atoms with E-state index in [4.69, 9.17) is 6.92 Å². The standard InChI is InChI=1S/C19H19N2O/c1-14-7-6-10-17-16(14)11-12-21(17)19(18(22)13-20-2)15-8-4-3-5-9-15/h3-12,18-20,22H,13H2,2H3. The van der Waals surface area contributed by atoms with Crippen molar-refractivity contribution in [1.82, 2.24) is 9.88 Å². The van der Waals surface area contributed by atoms with Crippen molar-refractivity contribution in [3.63, 3.8) is 0 Å². The van der Waals surface area contributed by atoms with E-state index >= 15 is 0 Å². The van der Waals surface area contributed by atoms with Crippen molar-refractivity contribution in [3.05, 3.63) is 78.8 Å². The molecule has 3 rings (SSSR count). The smallest absolute Gasteiger partial charge is 0.0912 e. The number of fused-ring (bicyclic) bond motifs is 1. The van der Waals surface area contributed by atoms with Crippen LogP contribution in [0.5, 0.6) is 0 Å². The van der Waals surface area contributed by atoms with Gasteiger partial charge in [-0.15, -0.1) is 0 Å². The van der Waals surface area contributed by atoms with Gasteiger partial charge in [0.25, 0.3) is 0 Å². The molecule has 0 bridgehead atoms. The van der Waals surface area contributed by atoms with Crippen molar-refractivity contribution < 1.29 is 5.11 Å². The summed E-state index contributed by atoms with van der Waals surface area (Å²) in [4.78, 5) is 0. The van der Waals surface area contributed by atoms with Gasteiger partial charge in [-0.25, -0.2) is 0 Å². The van der Waals surface area contributed by atoms with Gasteiger partial charge in [0.1, 0.15) is 0 Å². The third-order valence-electron chi connectivity index (χ3n) is 3.98. The average molecular weight is 291 g/mol. The van der Waals surface area contributed by atoms with Gasteiger partial charge in [-0.1, -0.05) is 42.5 Å². The summed E-state index contributed by atoms with van der Waals surface area (Å²) in [5.41, 5.74) is 2.53. The predicted octanol–water partition coefficient (Wildman–Crippen LogP) is 2.75. The molecule has 111 valence electrons. The molecular weight excluding hydrogens is 272 g/mol. The summed E-state index contributed by atoms with van der Waals surface area (Å²) in [5.74, 6) is 0. The summed E-state index contributed by atoms with van der Waals surface area (Å²) < 4.78 is 2.06. The van der Waals surface area contributed by atoms with Crippen LogP contribution in [0, 0.1) is 6.92 Å². The zero-order valence-corrected chi connectivity index (χ0v) is 12.5. The number of aromatic nitrogens is 1. The maximum absolute atomic E-state index is 10.6. The third kappa shape index (κ3) is 2.65. The summed E-state index contributed by atoms with van der Waals surface area (Å²) in [6, 6.07) is 17.4. The summed E-state index contributed by atoms with van der Waals surface area (Å²) in [7, 11) is 1.83. The lowest BCUT2D eigenvalue weighted by atomic mass is 10.0. The largest absolute Gasteiger partial charge is 0.389 e. The number of nitrogens with zero attached hydrogens (tertiary/aromatic N) is 1. The van der Waals surface area contributed by atoms with Crippen LogP contribution in [0.15, 0.2) is 60.8 Å². The summed E-state index contributed by atoms with van der Waals surface area (Å²) >= 11 is 0. The van der Waals surface area contributed by atoms with E-state index in [0.717, 1.165) is 16.5 Å². The quantitative estimate of drug-likeness (QED) is 0.758. The normalized spacial score (nSPS) is 14.1. The molecule has 2 N–H and O–H groups in total. The minimum absolute atomic E-state index is 0.187. The van der Waals surface area contributed by atoms with E-state index in [1.807, 2.05) is 61.8 Å². The van der Waals surface area contributed by atoms with Crippen LogP contribution >= 0.6 is 0 Å². The second-order valence-electron chi connectivity index (χ2n) is 5.44. The van der Waals surface area contributed by atoms with Crippen LogP contribution in [0.2, 0.25) is 0 Å². The van der Waals surface area contributed by atoms with Crippen molar-refractivity contribution in [2.75, 3.05) is 13.6 Å². The lowest BCUT2D eigenvalue weighted by Crippen LogP contribution is -2.33. The van der Waals surface area contributed by atoms with E-state index in [2.05, 4.69) is 9.88 Å². The Hall–Kier alpha value is -2.10. The van der Waals surface area contributed by atoms with Crippen molar-refractivity contribution >= 4 is 10.9 Å². The first-order valence-electron chi connectivity index (χ1n) is 7.41. The first-order valence-corrected chi connectivity index (χ1v) is 7.41. The Bertz CT molecular complexity index is 748. The minimum atomic E-state index is -0.558. The Labute approximate surface area is 131 Å². The molecule has 22 heavy (non-hydrogen) atoms. The summed E-state index contributed by atoms with van der Waals surface area (Å²) in [6.07, 6.45) is 1.40. The van der Waals surface area contributed by atoms with Gasteiger partial charge < -0.3 is 15.0 Å². The topological polar surface area (TPSA) is 37.2 Å².